The molecule has 0 aliphatic carbocycles. The second-order valence-electron chi connectivity index (χ2n) is 3.55. The molecule has 0 fully saturated rings. The zero-order valence-electron chi connectivity index (χ0n) is 9.17. The van der Waals surface area contributed by atoms with E-state index in [1.54, 1.807) is 12.3 Å². The van der Waals surface area contributed by atoms with Gasteiger partial charge in [0.25, 0.3) is 5.68 Å². The van der Waals surface area contributed by atoms with Crippen molar-refractivity contribution in [1.29, 1.82) is 5.41 Å². The molecule has 0 saturated heterocycles. The molecule has 4 heteroatoms. The first-order valence-electron chi connectivity index (χ1n) is 5.20. The summed E-state index contributed by atoms with van der Waals surface area (Å²) in [6.45, 7) is 0.124. The largest absolute Gasteiger partial charge is 0.432 e. The fraction of sp³-hybridized carbons (Fsp3) is 0.0769. The van der Waals surface area contributed by atoms with Crippen LogP contribution in [0, 0.1) is 5.41 Å². The number of ketones is 1. The summed E-state index contributed by atoms with van der Waals surface area (Å²) >= 11 is 0. The summed E-state index contributed by atoms with van der Waals surface area (Å²) < 4.78 is 6.22. The van der Waals surface area contributed by atoms with Crippen molar-refractivity contribution in [1.82, 2.24) is 4.57 Å². The Balaban J connectivity index is 2.01. The van der Waals surface area contributed by atoms with E-state index in [-0.39, 0.29) is 18.0 Å². The average Bonchev–Trinajstić information content (AvgIpc) is 2.74. The van der Waals surface area contributed by atoms with Gasteiger partial charge >= 0.3 is 0 Å². The summed E-state index contributed by atoms with van der Waals surface area (Å²) in [7, 11) is 0. The standard InChI is InChI=1S/C13H12N2O2/c14-13-15(8-9-17-13)10-12(16)7-6-11-4-2-1-3-5-11/h1-9,14H,10H2/b7-6+,14-13?. The molecule has 17 heavy (non-hydrogen) atoms. The minimum absolute atomic E-state index is 0.0218. The lowest BCUT2D eigenvalue weighted by atomic mass is 10.2. The van der Waals surface area contributed by atoms with Gasteiger partial charge in [-0.05, 0) is 11.6 Å². The smallest absolute Gasteiger partial charge is 0.294 e. The van der Waals surface area contributed by atoms with E-state index in [0.717, 1.165) is 5.56 Å². The molecule has 0 atom stereocenters. The third kappa shape index (κ3) is 3.04. The van der Waals surface area contributed by atoms with Crippen LogP contribution in [0.5, 0.6) is 0 Å². The quantitative estimate of drug-likeness (QED) is 0.812. The second-order valence-corrected chi connectivity index (χ2v) is 3.55. The van der Waals surface area contributed by atoms with Crippen LogP contribution in [0.15, 0.2) is 53.3 Å². The Kier molecular flexibility index (Phi) is 3.35. The number of carbonyl (C=O) groups excluding carboxylic acids is 1. The van der Waals surface area contributed by atoms with Crippen molar-refractivity contribution in [2.75, 3.05) is 0 Å². The third-order valence-electron chi connectivity index (χ3n) is 2.27. The van der Waals surface area contributed by atoms with Crippen LogP contribution >= 0.6 is 0 Å². The van der Waals surface area contributed by atoms with Gasteiger partial charge in [0.1, 0.15) is 6.26 Å². The summed E-state index contributed by atoms with van der Waals surface area (Å²) in [5.41, 5.74) is 0.954. The predicted molar refractivity (Wildman–Crippen MR) is 63.0 cm³/mol. The van der Waals surface area contributed by atoms with Gasteiger partial charge in [0, 0.05) is 6.20 Å². The first-order valence-corrected chi connectivity index (χ1v) is 5.20. The summed E-state index contributed by atoms with van der Waals surface area (Å²) in [6, 6.07) is 9.59. The molecule has 0 bridgehead atoms. The number of oxazole rings is 1. The number of hydrogen-bond acceptors (Lipinski definition) is 3. The van der Waals surface area contributed by atoms with E-state index in [2.05, 4.69) is 0 Å². The zero-order valence-corrected chi connectivity index (χ0v) is 9.17. The van der Waals surface area contributed by atoms with Crippen LogP contribution in [0.1, 0.15) is 5.56 Å². The molecule has 1 N–H and O–H groups in total. The minimum atomic E-state index is -0.0752. The summed E-state index contributed by atoms with van der Waals surface area (Å²) in [4.78, 5) is 11.6. The summed E-state index contributed by atoms with van der Waals surface area (Å²) in [5, 5.41) is 7.36. The van der Waals surface area contributed by atoms with E-state index < -0.39 is 0 Å². The highest BCUT2D eigenvalue weighted by atomic mass is 16.3. The molecule has 2 rings (SSSR count). The first kappa shape index (κ1) is 11.1. The van der Waals surface area contributed by atoms with E-state index in [4.69, 9.17) is 9.83 Å². The SMILES string of the molecule is N=c1occn1CC(=O)/C=C/c1ccccc1. The molecular formula is C13H12N2O2. The van der Waals surface area contributed by atoms with E-state index in [1.807, 2.05) is 30.3 Å². The van der Waals surface area contributed by atoms with Crippen molar-refractivity contribution in [2.45, 2.75) is 6.54 Å². The number of hydrogen-bond donors (Lipinski definition) is 1. The molecule has 0 spiro atoms. The van der Waals surface area contributed by atoms with Crippen LogP contribution in [-0.4, -0.2) is 10.4 Å². The van der Waals surface area contributed by atoms with Crippen LogP contribution in [-0.2, 0) is 11.3 Å². The molecule has 0 aliphatic rings. The van der Waals surface area contributed by atoms with Gasteiger partial charge in [0.15, 0.2) is 5.78 Å². The molecule has 86 valence electrons. The monoisotopic (exact) mass is 228 g/mol. The molecule has 0 saturated carbocycles. The Hall–Kier alpha value is -2.36. The number of rotatable bonds is 4. The van der Waals surface area contributed by atoms with Gasteiger partial charge < -0.3 is 4.42 Å². The van der Waals surface area contributed by atoms with E-state index in [9.17, 15) is 4.79 Å². The van der Waals surface area contributed by atoms with Gasteiger partial charge in [-0.15, -0.1) is 0 Å². The number of aromatic nitrogens is 1. The van der Waals surface area contributed by atoms with E-state index >= 15 is 0 Å². The Morgan fingerprint density at radius 1 is 1.35 bits per heavy atom. The van der Waals surface area contributed by atoms with Crippen LogP contribution in [0.3, 0.4) is 0 Å². The van der Waals surface area contributed by atoms with Crippen molar-refractivity contribution < 1.29 is 9.21 Å². The maximum atomic E-state index is 11.6. The lowest BCUT2D eigenvalue weighted by molar-refractivity contribution is -0.115. The second kappa shape index (κ2) is 5.12. The van der Waals surface area contributed by atoms with Crippen LogP contribution in [0.2, 0.25) is 0 Å². The lowest BCUT2D eigenvalue weighted by Crippen LogP contribution is -2.18. The van der Waals surface area contributed by atoms with Crippen molar-refractivity contribution in [2.24, 2.45) is 0 Å². The van der Waals surface area contributed by atoms with Crippen LogP contribution < -0.4 is 5.68 Å². The fourth-order valence-corrected chi connectivity index (χ4v) is 1.40. The molecule has 0 amide bonds. The molecular weight excluding hydrogens is 216 g/mol. The zero-order chi connectivity index (χ0) is 12.1. The van der Waals surface area contributed by atoms with Crippen molar-refractivity contribution in [3.05, 3.63) is 60.1 Å². The summed E-state index contributed by atoms with van der Waals surface area (Å²) in [6.07, 6.45) is 6.22. The minimum Gasteiger partial charge on any atom is -0.432 e. The van der Waals surface area contributed by atoms with Gasteiger partial charge in [-0.2, -0.15) is 0 Å². The average molecular weight is 228 g/mol. The van der Waals surface area contributed by atoms with Crippen molar-refractivity contribution in [3.8, 4) is 0 Å². The Labute approximate surface area is 98.3 Å². The van der Waals surface area contributed by atoms with Crippen LogP contribution in [0.25, 0.3) is 6.08 Å². The van der Waals surface area contributed by atoms with E-state index in [1.165, 1.54) is 16.9 Å². The van der Waals surface area contributed by atoms with Gasteiger partial charge in [0.2, 0.25) is 0 Å². The molecule has 1 aromatic carbocycles. The predicted octanol–water partition coefficient (Wildman–Crippen LogP) is 1.84. The molecule has 0 unspecified atom stereocenters. The number of nitrogens with zero attached hydrogens (tertiary/aromatic N) is 1. The molecule has 0 radical (unpaired) electrons. The Morgan fingerprint density at radius 3 is 2.76 bits per heavy atom. The highest BCUT2D eigenvalue weighted by molar-refractivity contribution is 5.93. The fourth-order valence-electron chi connectivity index (χ4n) is 1.40. The number of carbonyl (C=O) groups is 1. The van der Waals surface area contributed by atoms with Gasteiger partial charge in [0.05, 0.1) is 6.54 Å². The summed E-state index contributed by atoms with van der Waals surface area (Å²) in [5.74, 6) is -0.0752. The maximum absolute atomic E-state index is 11.6. The van der Waals surface area contributed by atoms with Crippen LogP contribution in [0.4, 0.5) is 0 Å². The van der Waals surface area contributed by atoms with Gasteiger partial charge in [-0.3, -0.25) is 14.8 Å². The first-order chi connectivity index (χ1) is 8.25. The van der Waals surface area contributed by atoms with Gasteiger partial charge in [-0.1, -0.05) is 36.4 Å². The number of nitrogens with one attached hydrogen (secondary N) is 1. The van der Waals surface area contributed by atoms with E-state index in [0.29, 0.717) is 0 Å². The highest BCUT2D eigenvalue weighted by Gasteiger charge is 2.00. The molecule has 1 heterocycles. The highest BCUT2D eigenvalue weighted by Crippen LogP contribution is 2.01. The lowest BCUT2D eigenvalue weighted by Gasteiger charge is -1.96. The maximum Gasteiger partial charge on any atom is 0.294 e. The molecule has 4 nitrogen and oxygen atoms in total. The number of benzene rings is 1. The Bertz CT molecular complexity index is 579. The van der Waals surface area contributed by atoms with Gasteiger partial charge in [-0.25, -0.2) is 0 Å². The number of allylic oxidation sites excluding steroid dienone is 1. The molecule has 0 aliphatic heterocycles. The van der Waals surface area contributed by atoms with Crippen molar-refractivity contribution in [3.63, 3.8) is 0 Å². The third-order valence-corrected chi connectivity index (χ3v) is 2.27. The molecule has 2 aromatic rings. The molecule has 1 aromatic heterocycles. The topological polar surface area (TPSA) is 59.0 Å². The Morgan fingerprint density at radius 2 is 2.12 bits per heavy atom. The normalized spacial score (nSPS) is 10.8. The van der Waals surface area contributed by atoms with Crippen molar-refractivity contribution >= 4 is 11.9 Å².